The van der Waals surface area contributed by atoms with E-state index in [0.29, 0.717) is 5.75 Å². The second-order valence-corrected chi connectivity index (χ2v) is 3.38. The summed E-state index contributed by atoms with van der Waals surface area (Å²) in [6.45, 7) is 2.30. The van der Waals surface area contributed by atoms with Gasteiger partial charge in [-0.2, -0.15) is 0 Å². The van der Waals surface area contributed by atoms with E-state index in [-0.39, 0.29) is 6.29 Å². The van der Waals surface area contributed by atoms with Crippen LogP contribution in [0.15, 0.2) is 30.3 Å². The second-order valence-electron chi connectivity index (χ2n) is 3.38. The molecule has 0 aliphatic rings. The van der Waals surface area contributed by atoms with Gasteiger partial charge in [-0.1, -0.05) is 18.2 Å². The van der Waals surface area contributed by atoms with Crippen molar-refractivity contribution in [3.05, 3.63) is 30.3 Å². The van der Waals surface area contributed by atoms with Gasteiger partial charge < -0.3 is 4.74 Å². The zero-order valence-electron chi connectivity index (χ0n) is 9.10. The van der Waals surface area contributed by atoms with E-state index in [4.69, 9.17) is 4.74 Å². The van der Waals surface area contributed by atoms with Crippen molar-refractivity contribution in [2.24, 2.45) is 0 Å². The van der Waals surface area contributed by atoms with Gasteiger partial charge in [-0.25, -0.2) is 0 Å². The molecule has 0 bridgehead atoms. The number of Topliss-reactive ketones (excluding diaryl/α,β-unsaturated/α-hetero) is 2. The van der Waals surface area contributed by atoms with Crippen LogP contribution < -0.4 is 4.74 Å². The van der Waals surface area contributed by atoms with E-state index in [1.165, 1.54) is 0 Å². The third kappa shape index (κ3) is 2.16. The summed E-state index contributed by atoms with van der Waals surface area (Å²) in [5.74, 6) is -0.947. The van der Waals surface area contributed by atoms with Crippen molar-refractivity contribution in [1.29, 1.82) is 0 Å². The minimum atomic E-state index is -2.01. The number of hydrogen-bond donors (Lipinski definition) is 0. The summed E-state index contributed by atoms with van der Waals surface area (Å²) >= 11 is 0. The lowest BCUT2D eigenvalue weighted by Crippen LogP contribution is -2.51. The predicted molar refractivity (Wildman–Crippen MR) is 57.2 cm³/mol. The summed E-state index contributed by atoms with van der Waals surface area (Å²) in [4.78, 5) is 33.7. The van der Waals surface area contributed by atoms with Gasteiger partial charge >= 0.3 is 0 Å². The molecule has 1 rings (SSSR count). The molecule has 1 aromatic carbocycles. The molecule has 4 nitrogen and oxygen atoms in total. The van der Waals surface area contributed by atoms with Crippen molar-refractivity contribution in [3.8, 4) is 5.75 Å². The number of aldehydes is 1. The maximum atomic E-state index is 11.4. The number of rotatable bonds is 5. The maximum Gasteiger partial charge on any atom is 0.278 e. The topological polar surface area (TPSA) is 60.4 Å². The maximum absolute atomic E-state index is 11.4. The molecular weight excluding hydrogens is 208 g/mol. The van der Waals surface area contributed by atoms with Crippen molar-refractivity contribution in [1.82, 2.24) is 0 Å². The van der Waals surface area contributed by atoms with Crippen LogP contribution in [0.5, 0.6) is 5.75 Å². The molecule has 0 heterocycles. The average molecular weight is 220 g/mol. The van der Waals surface area contributed by atoms with E-state index < -0.39 is 17.2 Å². The minimum absolute atomic E-state index is 0.241. The van der Waals surface area contributed by atoms with E-state index in [1.54, 1.807) is 30.3 Å². The molecule has 0 unspecified atom stereocenters. The minimum Gasteiger partial charge on any atom is -0.464 e. The molecule has 0 aliphatic carbocycles. The largest absolute Gasteiger partial charge is 0.464 e. The first kappa shape index (κ1) is 12.1. The highest BCUT2D eigenvalue weighted by atomic mass is 16.5. The molecule has 0 aliphatic heterocycles. The number of carbonyl (C=O) groups is 3. The van der Waals surface area contributed by atoms with Crippen LogP contribution in [0.3, 0.4) is 0 Å². The lowest BCUT2D eigenvalue weighted by molar-refractivity contribution is -0.148. The lowest BCUT2D eigenvalue weighted by atomic mass is 9.96. The Labute approximate surface area is 93.2 Å². The molecule has 0 spiro atoms. The predicted octanol–water partition coefficient (Wildman–Crippen LogP) is 1.18. The van der Waals surface area contributed by atoms with Crippen LogP contribution in [0.1, 0.15) is 13.8 Å². The van der Waals surface area contributed by atoms with Gasteiger partial charge in [0, 0.05) is 0 Å². The zero-order valence-corrected chi connectivity index (χ0v) is 9.10. The smallest absolute Gasteiger partial charge is 0.278 e. The van der Waals surface area contributed by atoms with Crippen LogP contribution >= 0.6 is 0 Å². The fourth-order valence-corrected chi connectivity index (χ4v) is 1.26. The molecule has 4 heteroatoms. The van der Waals surface area contributed by atoms with Crippen LogP contribution in [-0.4, -0.2) is 23.5 Å². The van der Waals surface area contributed by atoms with Crippen LogP contribution in [0.2, 0.25) is 0 Å². The summed E-state index contributed by atoms with van der Waals surface area (Å²) in [5, 5.41) is 0. The normalized spacial score (nSPS) is 10.6. The molecular formula is C12H12O4. The molecule has 0 aromatic heterocycles. The molecule has 0 atom stereocenters. The first-order valence-electron chi connectivity index (χ1n) is 4.75. The molecule has 1 aromatic rings. The summed E-state index contributed by atoms with van der Waals surface area (Å²) < 4.78 is 5.21. The van der Waals surface area contributed by atoms with E-state index in [0.717, 1.165) is 13.8 Å². The van der Waals surface area contributed by atoms with Crippen LogP contribution in [-0.2, 0) is 14.4 Å². The van der Waals surface area contributed by atoms with Crippen molar-refractivity contribution >= 4 is 17.9 Å². The van der Waals surface area contributed by atoms with Gasteiger partial charge in [0.15, 0.2) is 17.9 Å². The average Bonchev–Trinajstić information content (AvgIpc) is 2.26. The third-order valence-electron chi connectivity index (χ3n) is 2.23. The summed E-state index contributed by atoms with van der Waals surface area (Å²) in [6, 6.07) is 8.28. The monoisotopic (exact) mass is 220 g/mol. The Hall–Kier alpha value is -1.97. The standard InChI is InChI=1S/C12H12O4/c1-9(14)12(8-13,10(2)15)16-11-6-4-3-5-7-11/h3-8H,1-2H3. The molecule has 0 fully saturated rings. The van der Waals surface area contributed by atoms with Gasteiger partial charge in [0.25, 0.3) is 5.60 Å². The van der Waals surface area contributed by atoms with Gasteiger partial charge in [-0.15, -0.1) is 0 Å². The van der Waals surface area contributed by atoms with Crippen LogP contribution in [0.25, 0.3) is 0 Å². The molecule has 84 valence electrons. The van der Waals surface area contributed by atoms with Crippen LogP contribution in [0, 0.1) is 0 Å². The van der Waals surface area contributed by atoms with Gasteiger partial charge in [0.05, 0.1) is 0 Å². The number of hydrogen-bond acceptors (Lipinski definition) is 4. The third-order valence-corrected chi connectivity index (χ3v) is 2.23. The van der Waals surface area contributed by atoms with E-state index in [9.17, 15) is 14.4 Å². The fraction of sp³-hybridized carbons (Fsp3) is 0.250. The SMILES string of the molecule is CC(=O)C(C=O)(Oc1ccccc1)C(C)=O. The summed E-state index contributed by atoms with van der Waals surface area (Å²) in [7, 11) is 0. The van der Waals surface area contributed by atoms with Gasteiger partial charge in [0.1, 0.15) is 5.75 Å². The molecule has 0 radical (unpaired) electrons. The van der Waals surface area contributed by atoms with Gasteiger partial charge in [-0.05, 0) is 26.0 Å². The molecule has 0 amide bonds. The Morgan fingerprint density at radius 3 is 2.00 bits per heavy atom. The second kappa shape index (κ2) is 4.70. The number of carbonyl (C=O) groups excluding carboxylic acids is 3. The highest BCUT2D eigenvalue weighted by Gasteiger charge is 2.43. The molecule has 0 N–H and O–H groups in total. The Balaban J connectivity index is 3.09. The fourth-order valence-electron chi connectivity index (χ4n) is 1.26. The zero-order chi connectivity index (χ0) is 12.2. The van der Waals surface area contributed by atoms with Crippen molar-refractivity contribution in [2.75, 3.05) is 0 Å². The molecule has 0 saturated heterocycles. The number of benzene rings is 1. The summed E-state index contributed by atoms with van der Waals surface area (Å²) in [6.07, 6.45) is 0.241. The highest BCUT2D eigenvalue weighted by molar-refractivity contribution is 6.21. The molecule has 16 heavy (non-hydrogen) atoms. The first-order valence-corrected chi connectivity index (χ1v) is 4.75. The Morgan fingerprint density at radius 1 is 1.12 bits per heavy atom. The molecule has 0 saturated carbocycles. The van der Waals surface area contributed by atoms with Crippen molar-refractivity contribution in [3.63, 3.8) is 0 Å². The Kier molecular flexibility index (Phi) is 3.55. The quantitative estimate of drug-likeness (QED) is 0.552. The van der Waals surface area contributed by atoms with Gasteiger partial charge in [-0.3, -0.25) is 14.4 Å². The van der Waals surface area contributed by atoms with E-state index in [1.807, 2.05) is 0 Å². The number of ether oxygens (including phenoxy) is 1. The number of ketones is 2. The lowest BCUT2D eigenvalue weighted by Gasteiger charge is -2.23. The van der Waals surface area contributed by atoms with Gasteiger partial charge in [0.2, 0.25) is 0 Å². The van der Waals surface area contributed by atoms with Crippen molar-refractivity contribution < 1.29 is 19.1 Å². The van der Waals surface area contributed by atoms with Crippen molar-refractivity contribution in [2.45, 2.75) is 19.4 Å². The first-order chi connectivity index (χ1) is 7.53. The Bertz CT molecular complexity index is 394. The highest BCUT2D eigenvalue weighted by Crippen LogP contribution is 2.18. The summed E-state index contributed by atoms with van der Waals surface area (Å²) in [5.41, 5.74) is -2.01. The van der Waals surface area contributed by atoms with E-state index in [2.05, 4.69) is 0 Å². The van der Waals surface area contributed by atoms with E-state index >= 15 is 0 Å². The van der Waals surface area contributed by atoms with Crippen LogP contribution in [0.4, 0.5) is 0 Å². The number of para-hydroxylation sites is 1. The Morgan fingerprint density at radius 2 is 1.62 bits per heavy atom.